The van der Waals surface area contributed by atoms with Crippen LogP contribution in [0, 0.1) is 0 Å². The second kappa shape index (κ2) is 7.99. The second-order valence-electron chi connectivity index (χ2n) is 6.34. The van der Waals surface area contributed by atoms with Gasteiger partial charge in [-0.15, -0.1) is 0 Å². The van der Waals surface area contributed by atoms with E-state index in [1.165, 1.54) is 36.3 Å². The van der Waals surface area contributed by atoms with Gasteiger partial charge >= 0.3 is 5.97 Å². The Morgan fingerprint density at radius 1 is 1.14 bits per heavy atom. The van der Waals surface area contributed by atoms with E-state index in [0.717, 1.165) is 9.87 Å². The summed E-state index contributed by atoms with van der Waals surface area (Å²) >= 11 is 0. The molecule has 148 valence electrons. The summed E-state index contributed by atoms with van der Waals surface area (Å²) in [6.07, 6.45) is -0.419. The van der Waals surface area contributed by atoms with E-state index in [2.05, 4.69) is 0 Å². The predicted molar refractivity (Wildman–Crippen MR) is 99.9 cm³/mol. The normalized spacial score (nSPS) is 18.1. The minimum Gasteiger partial charge on any atom is -0.497 e. The van der Waals surface area contributed by atoms with Crippen molar-refractivity contribution in [1.82, 2.24) is 9.21 Å². The number of ether oxygens (including phenoxy) is 1. The van der Waals surface area contributed by atoms with E-state index in [0.29, 0.717) is 5.75 Å². The molecule has 3 rings (SSSR count). The van der Waals surface area contributed by atoms with Crippen molar-refractivity contribution in [1.29, 1.82) is 0 Å². The number of hydrogen-bond acceptors (Lipinski definition) is 5. The highest BCUT2D eigenvalue weighted by molar-refractivity contribution is 7.89. The number of sulfonamides is 1. The van der Waals surface area contributed by atoms with Crippen LogP contribution in [-0.4, -0.2) is 54.4 Å². The SMILES string of the molecule is COc1ccc(S(=O)(=O)N2CN(Cc3ccccc3)C(=O)CC2C(=O)O)cc1. The molecule has 0 bridgehead atoms. The minimum atomic E-state index is -4.13. The van der Waals surface area contributed by atoms with Crippen LogP contribution >= 0.6 is 0 Å². The molecule has 0 aromatic heterocycles. The van der Waals surface area contributed by atoms with E-state index >= 15 is 0 Å². The van der Waals surface area contributed by atoms with Crippen LogP contribution in [0.3, 0.4) is 0 Å². The summed E-state index contributed by atoms with van der Waals surface area (Å²) in [6, 6.07) is 13.3. The van der Waals surface area contributed by atoms with E-state index in [1.807, 2.05) is 30.3 Å². The average Bonchev–Trinajstić information content (AvgIpc) is 2.69. The van der Waals surface area contributed by atoms with E-state index in [4.69, 9.17) is 4.74 Å². The number of carboxylic acids is 1. The van der Waals surface area contributed by atoms with Gasteiger partial charge in [0.2, 0.25) is 15.9 Å². The number of carbonyl (C=O) groups is 2. The van der Waals surface area contributed by atoms with Gasteiger partial charge in [0.1, 0.15) is 11.8 Å². The van der Waals surface area contributed by atoms with Gasteiger partial charge in [0.15, 0.2) is 0 Å². The Balaban J connectivity index is 1.92. The molecule has 1 aliphatic rings. The lowest BCUT2D eigenvalue weighted by molar-refractivity contribution is -0.151. The van der Waals surface area contributed by atoms with Gasteiger partial charge in [0, 0.05) is 6.54 Å². The lowest BCUT2D eigenvalue weighted by Crippen LogP contribution is -2.57. The fourth-order valence-corrected chi connectivity index (χ4v) is 4.56. The van der Waals surface area contributed by atoms with Crippen LogP contribution in [0.5, 0.6) is 5.75 Å². The molecule has 0 aliphatic carbocycles. The maximum absolute atomic E-state index is 13.1. The van der Waals surface area contributed by atoms with Gasteiger partial charge in [-0.05, 0) is 29.8 Å². The lowest BCUT2D eigenvalue weighted by atomic mass is 10.1. The first-order valence-electron chi connectivity index (χ1n) is 8.53. The van der Waals surface area contributed by atoms with E-state index in [9.17, 15) is 23.1 Å². The van der Waals surface area contributed by atoms with Crippen molar-refractivity contribution in [2.45, 2.75) is 23.9 Å². The molecule has 0 radical (unpaired) electrons. The molecule has 0 saturated carbocycles. The molecule has 1 heterocycles. The van der Waals surface area contributed by atoms with Crippen molar-refractivity contribution in [2.24, 2.45) is 0 Å². The fraction of sp³-hybridized carbons (Fsp3) is 0.263. The van der Waals surface area contributed by atoms with Crippen LogP contribution in [0.15, 0.2) is 59.5 Å². The molecule has 1 unspecified atom stereocenters. The molecule has 28 heavy (non-hydrogen) atoms. The maximum Gasteiger partial charge on any atom is 0.322 e. The zero-order valence-electron chi connectivity index (χ0n) is 15.2. The fourth-order valence-electron chi connectivity index (χ4n) is 3.02. The molecule has 1 aliphatic heterocycles. The monoisotopic (exact) mass is 404 g/mol. The van der Waals surface area contributed by atoms with E-state index < -0.39 is 34.4 Å². The Kier molecular flexibility index (Phi) is 5.66. The molecular weight excluding hydrogens is 384 g/mol. The number of amides is 1. The van der Waals surface area contributed by atoms with Crippen LogP contribution in [0.25, 0.3) is 0 Å². The Morgan fingerprint density at radius 2 is 1.79 bits per heavy atom. The van der Waals surface area contributed by atoms with Gasteiger partial charge in [-0.2, -0.15) is 4.31 Å². The molecule has 2 aromatic carbocycles. The van der Waals surface area contributed by atoms with Gasteiger partial charge < -0.3 is 14.7 Å². The molecule has 9 heteroatoms. The molecule has 1 atom stereocenters. The number of methoxy groups -OCH3 is 1. The van der Waals surface area contributed by atoms with Crippen molar-refractivity contribution < 1.29 is 27.9 Å². The Hall–Kier alpha value is -2.91. The highest BCUT2D eigenvalue weighted by Gasteiger charge is 2.43. The average molecular weight is 404 g/mol. The Morgan fingerprint density at radius 3 is 2.36 bits per heavy atom. The number of carbonyl (C=O) groups excluding carboxylic acids is 1. The molecule has 1 saturated heterocycles. The maximum atomic E-state index is 13.1. The molecular formula is C19H20N2O6S. The second-order valence-corrected chi connectivity index (χ2v) is 8.24. The van der Waals surface area contributed by atoms with Crippen molar-refractivity contribution in [3.05, 3.63) is 60.2 Å². The smallest absolute Gasteiger partial charge is 0.322 e. The third-order valence-electron chi connectivity index (χ3n) is 4.55. The van der Waals surface area contributed by atoms with Crippen molar-refractivity contribution >= 4 is 21.9 Å². The number of nitrogens with zero attached hydrogens (tertiary/aromatic N) is 2. The summed E-state index contributed by atoms with van der Waals surface area (Å²) in [7, 11) is -2.67. The third kappa shape index (κ3) is 4.00. The summed E-state index contributed by atoms with van der Waals surface area (Å²) < 4.78 is 32.1. The summed E-state index contributed by atoms with van der Waals surface area (Å²) in [5.41, 5.74) is 0.825. The molecule has 1 N–H and O–H groups in total. The molecule has 8 nitrogen and oxygen atoms in total. The number of carboxylic acid groups (broad SMARTS) is 1. The summed E-state index contributed by atoms with van der Waals surface area (Å²) in [6.45, 7) is -0.139. The van der Waals surface area contributed by atoms with Gasteiger partial charge in [0.05, 0.1) is 25.1 Å². The largest absolute Gasteiger partial charge is 0.497 e. The van der Waals surface area contributed by atoms with E-state index in [1.54, 1.807) is 0 Å². The lowest BCUT2D eigenvalue weighted by Gasteiger charge is -2.38. The van der Waals surface area contributed by atoms with Crippen molar-refractivity contribution in [2.75, 3.05) is 13.8 Å². The predicted octanol–water partition coefficient (Wildman–Crippen LogP) is 1.53. The van der Waals surface area contributed by atoms with Crippen LogP contribution in [-0.2, 0) is 26.2 Å². The van der Waals surface area contributed by atoms with Crippen LogP contribution < -0.4 is 4.74 Å². The number of hydrogen-bond donors (Lipinski definition) is 1. The zero-order chi connectivity index (χ0) is 20.3. The number of rotatable bonds is 6. The van der Waals surface area contributed by atoms with Gasteiger partial charge in [-0.1, -0.05) is 30.3 Å². The molecule has 0 spiro atoms. The van der Waals surface area contributed by atoms with Gasteiger partial charge in [0.25, 0.3) is 0 Å². The molecule has 1 fully saturated rings. The summed E-state index contributed by atoms with van der Waals surface area (Å²) in [5.74, 6) is -1.28. The highest BCUT2D eigenvalue weighted by atomic mass is 32.2. The topological polar surface area (TPSA) is 104 Å². The first-order chi connectivity index (χ1) is 13.3. The van der Waals surface area contributed by atoms with Crippen LogP contribution in [0.2, 0.25) is 0 Å². The first-order valence-corrected chi connectivity index (χ1v) is 9.97. The zero-order valence-corrected chi connectivity index (χ0v) is 16.0. The van der Waals surface area contributed by atoms with E-state index in [-0.39, 0.29) is 18.1 Å². The van der Waals surface area contributed by atoms with Crippen molar-refractivity contribution in [3.63, 3.8) is 0 Å². The summed E-state index contributed by atoms with van der Waals surface area (Å²) in [5, 5.41) is 9.50. The standard InChI is InChI=1S/C19H20N2O6S/c1-27-15-7-9-16(10-8-15)28(25,26)21-13-20(12-14-5-3-2-4-6-14)18(22)11-17(21)19(23)24/h2-10,17H,11-13H2,1H3,(H,23,24). The van der Waals surface area contributed by atoms with Gasteiger partial charge in [-0.3, -0.25) is 9.59 Å². The van der Waals surface area contributed by atoms with Crippen molar-refractivity contribution in [3.8, 4) is 5.75 Å². The third-order valence-corrected chi connectivity index (χ3v) is 6.40. The minimum absolute atomic E-state index is 0.0615. The quantitative estimate of drug-likeness (QED) is 0.783. The number of aliphatic carboxylic acids is 1. The first kappa shape index (κ1) is 19.8. The molecule has 2 aromatic rings. The molecule has 1 amide bonds. The van der Waals surface area contributed by atoms with Crippen LogP contribution in [0.4, 0.5) is 0 Å². The Bertz CT molecular complexity index is 960. The number of benzene rings is 2. The van der Waals surface area contributed by atoms with Crippen LogP contribution in [0.1, 0.15) is 12.0 Å². The summed E-state index contributed by atoms with van der Waals surface area (Å²) in [4.78, 5) is 25.4. The Labute approximate surface area is 163 Å². The van der Waals surface area contributed by atoms with Gasteiger partial charge in [-0.25, -0.2) is 8.42 Å². The highest BCUT2D eigenvalue weighted by Crippen LogP contribution is 2.26.